The maximum atomic E-state index is 14.5. The molecular formula is C25H32F3N7O2. The third-order valence-corrected chi connectivity index (χ3v) is 6.49. The lowest BCUT2D eigenvalue weighted by Gasteiger charge is -2.39. The summed E-state index contributed by atoms with van der Waals surface area (Å²) in [5, 5.41) is 19.5. The number of nitrogens with one attached hydrogen (secondary N) is 3. The minimum absolute atomic E-state index is 0.0232. The Labute approximate surface area is 213 Å². The van der Waals surface area contributed by atoms with Crippen LogP contribution in [0.4, 0.5) is 18.9 Å². The number of nitrogens with zero attached hydrogens (tertiary/aromatic N) is 3. The molecule has 0 aromatic heterocycles. The van der Waals surface area contributed by atoms with E-state index in [1.54, 1.807) is 4.90 Å². The SMILES string of the molecule is C=C(/N=C1\C(=C/N)N=C(Nc2c(F)cc(F)cc2F)N1[C@H]1CC[C@@](O)(C(=O)NC2CC2)CC1)NC(C)C. The summed E-state index contributed by atoms with van der Waals surface area (Å²) in [6.45, 7) is 7.74. The van der Waals surface area contributed by atoms with Crippen molar-refractivity contribution in [3.63, 3.8) is 0 Å². The van der Waals surface area contributed by atoms with Gasteiger partial charge in [0.25, 0.3) is 5.91 Å². The molecule has 0 bridgehead atoms. The average molecular weight is 520 g/mol. The van der Waals surface area contributed by atoms with Gasteiger partial charge in [-0.1, -0.05) is 6.58 Å². The molecule has 9 nitrogen and oxygen atoms in total. The quantitative estimate of drug-likeness (QED) is 0.377. The molecule has 2 aliphatic carbocycles. The van der Waals surface area contributed by atoms with Crippen LogP contribution < -0.4 is 21.7 Å². The number of hydrogen-bond acceptors (Lipinski definition) is 7. The van der Waals surface area contributed by atoms with Gasteiger partial charge in [0.05, 0.1) is 0 Å². The number of rotatable bonds is 7. The van der Waals surface area contributed by atoms with Gasteiger partial charge in [-0.3, -0.25) is 9.69 Å². The van der Waals surface area contributed by atoms with Crippen molar-refractivity contribution in [3.8, 4) is 0 Å². The first-order chi connectivity index (χ1) is 17.5. The first kappa shape index (κ1) is 26.5. The zero-order chi connectivity index (χ0) is 26.9. The highest BCUT2D eigenvalue weighted by Crippen LogP contribution is 2.35. The van der Waals surface area contributed by atoms with Gasteiger partial charge >= 0.3 is 0 Å². The van der Waals surface area contributed by atoms with Crippen molar-refractivity contribution < 1.29 is 23.1 Å². The van der Waals surface area contributed by atoms with E-state index < -0.39 is 28.7 Å². The van der Waals surface area contributed by atoms with E-state index in [9.17, 15) is 23.1 Å². The fourth-order valence-corrected chi connectivity index (χ4v) is 4.48. The summed E-state index contributed by atoms with van der Waals surface area (Å²) >= 11 is 0. The second kappa shape index (κ2) is 10.4. The molecule has 1 aromatic carbocycles. The van der Waals surface area contributed by atoms with Crippen LogP contribution in [0.1, 0.15) is 52.4 Å². The smallest absolute Gasteiger partial charge is 0.252 e. The molecule has 0 radical (unpaired) electrons. The van der Waals surface area contributed by atoms with Crippen molar-refractivity contribution in [3.05, 3.63) is 53.9 Å². The number of aliphatic hydroxyl groups is 1. The van der Waals surface area contributed by atoms with Crippen LogP contribution in [-0.4, -0.2) is 51.4 Å². The van der Waals surface area contributed by atoms with Gasteiger partial charge in [-0.2, -0.15) is 0 Å². The summed E-state index contributed by atoms with van der Waals surface area (Å²) < 4.78 is 42.4. The molecule has 1 heterocycles. The minimum atomic E-state index is -1.51. The van der Waals surface area contributed by atoms with Gasteiger partial charge in [-0.25, -0.2) is 23.2 Å². The van der Waals surface area contributed by atoms with E-state index in [0.29, 0.717) is 30.8 Å². The van der Waals surface area contributed by atoms with Gasteiger partial charge in [0.1, 0.15) is 28.6 Å². The zero-order valence-electron chi connectivity index (χ0n) is 20.8. The van der Waals surface area contributed by atoms with Crippen LogP contribution in [0.15, 0.2) is 46.4 Å². The second-order valence-corrected chi connectivity index (χ2v) is 9.92. The summed E-state index contributed by atoms with van der Waals surface area (Å²) in [5.74, 6) is -3.08. The lowest BCUT2D eigenvalue weighted by molar-refractivity contribution is -0.144. The van der Waals surface area contributed by atoms with Gasteiger partial charge in [0.15, 0.2) is 17.5 Å². The Bertz CT molecular complexity index is 1150. The van der Waals surface area contributed by atoms with Crippen LogP contribution in [-0.2, 0) is 4.79 Å². The number of aliphatic imine (C=N–C) groups is 2. The molecule has 12 heteroatoms. The number of carbonyl (C=O) groups is 1. The van der Waals surface area contributed by atoms with Gasteiger partial charge in [-0.05, 0) is 52.4 Å². The van der Waals surface area contributed by atoms with Crippen molar-refractivity contribution in [1.82, 2.24) is 15.5 Å². The molecule has 1 aromatic rings. The number of hydrogen-bond donors (Lipinski definition) is 5. The van der Waals surface area contributed by atoms with Crippen molar-refractivity contribution >= 4 is 23.4 Å². The van der Waals surface area contributed by atoms with Crippen LogP contribution in [0, 0.1) is 17.5 Å². The lowest BCUT2D eigenvalue weighted by atomic mass is 9.81. The van der Waals surface area contributed by atoms with Crippen LogP contribution >= 0.6 is 0 Å². The first-order valence-corrected chi connectivity index (χ1v) is 12.3. The summed E-state index contributed by atoms with van der Waals surface area (Å²) in [7, 11) is 0. The maximum absolute atomic E-state index is 14.5. The normalized spacial score (nSPS) is 26.0. The number of carbonyl (C=O) groups excluding carboxylic acids is 1. The number of anilines is 1. The molecule has 2 fully saturated rings. The van der Waals surface area contributed by atoms with Crippen LogP contribution in [0.3, 0.4) is 0 Å². The molecular weight excluding hydrogens is 487 g/mol. The fraction of sp³-hybridized carbons (Fsp3) is 0.480. The molecule has 37 heavy (non-hydrogen) atoms. The molecule has 0 saturated heterocycles. The summed E-state index contributed by atoms with van der Waals surface area (Å²) in [4.78, 5) is 23.2. The largest absolute Gasteiger partial charge is 0.403 e. The Morgan fingerprint density at radius 2 is 1.86 bits per heavy atom. The summed E-state index contributed by atoms with van der Waals surface area (Å²) in [5.41, 5.74) is 3.95. The number of nitrogens with two attached hydrogens (primary N) is 1. The molecule has 6 N–H and O–H groups in total. The number of benzene rings is 1. The van der Waals surface area contributed by atoms with Crippen LogP contribution in [0.2, 0.25) is 0 Å². The number of halogens is 3. The highest BCUT2D eigenvalue weighted by molar-refractivity contribution is 6.18. The molecule has 0 spiro atoms. The standard InChI is InChI=1S/C25H32F3N7O2/c1-13(2)30-14(3)31-22-20(12-29)33-24(34-21-18(27)10-15(26)11-19(21)28)35(22)17-6-8-25(37,9-7-17)23(36)32-16-4-5-16/h10-13,16-17,30,37H,3-9,29H2,1-2H3,(H,32,36)(H,33,34)/b20-12+,31-22+/t17-,25-. The number of amides is 1. The predicted molar refractivity (Wildman–Crippen MR) is 135 cm³/mol. The Morgan fingerprint density at radius 3 is 2.41 bits per heavy atom. The van der Waals surface area contributed by atoms with E-state index in [2.05, 4.69) is 32.5 Å². The number of amidine groups is 1. The zero-order valence-corrected chi connectivity index (χ0v) is 20.8. The van der Waals surface area contributed by atoms with Crippen molar-refractivity contribution in [2.45, 2.75) is 76.1 Å². The monoisotopic (exact) mass is 519 g/mol. The fourth-order valence-electron chi connectivity index (χ4n) is 4.48. The van der Waals surface area contributed by atoms with Crippen LogP contribution in [0.5, 0.6) is 0 Å². The van der Waals surface area contributed by atoms with E-state index in [4.69, 9.17) is 5.73 Å². The molecule has 200 valence electrons. The predicted octanol–water partition coefficient (Wildman–Crippen LogP) is 2.81. The third kappa shape index (κ3) is 5.90. The molecule has 0 unspecified atom stereocenters. The molecule has 0 atom stereocenters. The lowest BCUT2D eigenvalue weighted by Crippen LogP contribution is -2.54. The van der Waals surface area contributed by atoms with Crippen molar-refractivity contribution in [2.75, 3.05) is 5.32 Å². The molecule has 4 rings (SSSR count). The highest BCUT2D eigenvalue weighted by Gasteiger charge is 2.45. The summed E-state index contributed by atoms with van der Waals surface area (Å²) in [6.07, 6.45) is 4.06. The maximum Gasteiger partial charge on any atom is 0.252 e. The Kier molecular flexibility index (Phi) is 7.49. The molecule has 1 aliphatic heterocycles. The molecule has 2 saturated carbocycles. The van der Waals surface area contributed by atoms with Gasteiger partial charge in [-0.15, -0.1) is 0 Å². The Balaban J connectivity index is 1.63. The van der Waals surface area contributed by atoms with E-state index in [1.165, 1.54) is 6.20 Å². The van der Waals surface area contributed by atoms with E-state index in [-0.39, 0.29) is 54.4 Å². The van der Waals surface area contributed by atoms with Crippen LogP contribution in [0.25, 0.3) is 0 Å². The highest BCUT2D eigenvalue weighted by atomic mass is 19.1. The van der Waals surface area contributed by atoms with Gasteiger partial charge in [0.2, 0.25) is 5.96 Å². The van der Waals surface area contributed by atoms with Crippen molar-refractivity contribution in [2.24, 2.45) is 15.7 Å². The topological polar surface area (TPSA) is 127 Å². The number of guanidine groups is 1. The molecule has 3 aliphatic rings. The van der Waals surface area contributed by atoms with E-state index >= 15 is 0 Å². The summed E-state index contributed by atoms with van der Waals surface area (Å²) in [6, 6.07) is 0.926. The minimum Gasteiger partial charge on any atom is -0.403 e. The Hall–Kier alpha value is -3.54. The van der Waals surface area contributed by atoms with Gasteiger partial charge in [0, 0.05) is 36.5 Å². The van der Waals surface area contributed by atoms with Gasteiger partial charge < -0.3 is 26.8 Å². The third-order valence-electron chi connectivity index (χ3n) is 6.49. The Morgan fingerprint density at radius 1 is 1.24 bits per heavy atom. The van der Waals surface area contributed by atoms with Crippen molar-refractivity contribution in [1.29, 1.82) is 0 Å². The second-order valence-electron chi connectivity index (χ2n) is 9.92. The first-order valence-electron chi connectivity index (χ1n) is 12.3. The van der Waals surface area contributed by atoms with E-state index in [1.807, 2.05) is 13.8 Å². The average Bonchev–Trinajstić information content (AvgIpc) is 3.57. The molecule has 1 amide bonds. The van der Waals surface area contributed by atoms with E-state index in [0.717, 1.165) is 12.8 Å².